The number of methoxy groups -OCH3 is 2. The van der Waals surface area contributed by atoms with E-state index >= 15 is 0 Å². The quantitative estimate of drug-likeness (QED) is 0.131. The number of hydrogen-bond acceptors (Lipinski definition) is 8. The molecule has 1 N–H and O–H groups in total. The van der Waals surface area contributed by atoms with E-state index < -0.39 is 36.2 Å². The van der Waals surface area contributed by atoms with Crippen LogP contribution >= 0.6 is 0 Å². The molecule has 0 aromatic heterocycles. The number of benzene rings is 1. The minimum absolute atomic E-state index is 0.0108. The van der Waals surface area contributed by atoms with E-state index in [0.29, 0.717) is 13.0 Å². The van der Waals surface area contributed by atoms with Crippen LogP contribution in [0.1, 0.15) is 126 Å². The molecule has 10 unspecified atom stereocenters. The molecule has 2 rings (SSSR count). The van der Waals surface area contributed by atoms with Gasteiger partial charge in [-0.1, -0.05) is 92.1 Å². The van der Waals surface area contributed by atoms with Crippen molar-refractivity contribution in [1.29, 1.82) is 0 Å². The first-order valence-corrected chi connectivity index (χ1v) is 20.8. The third-order valence-electron chi connectivity index (χ3n) is 12.5. The van der Waals surface area contributed by atoms with E-state index in [4.69, 9.17) is 9.47 Å². The second kappa shape index (κ2) is 21.8. The molecule has 1 aromatic carbocycles. The fourth-order valence-corrected chi connectivity index (χ4v) is 8.59. The zero-order valence-electron chi connectivity index (χ0n) is 37.0. The predicted octanol–water partition coefficient (Wildman–Crippen LogP) is 7.22. The lowest BCUT2D eigenvalue weighted by Crippen LogP contribution is -2.55. The number of aliphatic hydroxyl groups is 1. The number of likely N-dealkylation sites (N-methyl/N-ethyl adjacent to an activating group) is 2. The van der Waals surface area contributed by atoms with Crippen LogP contribution in [0.25, 0.3) is 0 Å². The van der Waals surface area contributed by atoms with Gasteiger partial charge in [0.05, 0.1) is 42.9 Å². The van der Waals surface area contributed by atoms with Crippen molar-refractivity contribution in [1.82, 2.24) is 14.7 Å². The smallest absolute Gasteiger partial charge is 0.226 e. The minimum Gasteiger partial charge on any atom is -0.388 e. The van der Waals surface area contributed by atoms with Gasteiger partial charge in [0.25, 0.3) is 0 Å². The topological polar surface area (TPSA) is 117 Å². The molecule has 1 aliphatic rings. The summed E-state index contributed by atoms with van der Waals surface area (Å²) >= 11 is 0. The molecule has 10 atom stereocenters. The maximum atomic E-state index is 14.5. The number of ketones is 2. The average molecular weight is 772 g/mol. The Morgan fingerprint density at radius 2 is 1.45 bits per heavy atom. The lowest BCUT2D eigenvalue weighted by atomic mass is 9.83. The molecule has 0 radical (unpaired) electrons. The molecule has 0 spiro atoms. The largest absolute Gasteiger partial charge is 0.388 e. The van der Waals surface area contributed by atoms with E-state index in [1.807, 2.05) is 70.0 Å². The molecule has 1 heterocycles. The average Bonchev–Trinajstić information content (AvgIpc) is 3.62. The van der Waals surface area contributed by atoms with Crippen molar-refractivity contribution in [2.24, 2.45) is 35.5 Å². The standard InChI is InChI=1S/C45H77N3O7/c1-16-30(6)41(46(12)44(53)34(28(2)3)26-37(50)40(29(4)5)47(13)45(9,10)11)38(54-14)27-39(51)48-24-20-23-35(48)43(55-15)32(8)36(49)25-31(7)42(52)33-21-18-17-19-22-33/h17-19,21-22,28-32,34-35,38,40-43,52H,16,20,23-27H2,1-15H3. The summed E-state index contributed by atoms with van der Waals surface area (Å²) in [5.74, 6) is -1.43. The maximum Gasteiger partial charge on any atom is 0.226 e. The van der Waals surface area contributed by atoms with Crippen LogP contribution < -0.4 is 0 Å². The zero-order valence-corrected chi connectivity index (χ0v) is 37.0. The van der Waals surface area contributed by atoms with Crippen LogP contribution in [0, 0.1) is 35.5 Å². The Morgan fingerprint density at radius 1 is 0.855 bits per heavy atom. The number of Topliss-reactive ketones (excluding diaryl/α,β-unsaturated/α-hetero) is 2. The molecule has 55 heavy (non-hydrogen) atoms. The second-order valence-corrected chi connectivity index (χ2v) is 18.1. The third kappa shape index (κ3) is 12.7. The summed E-state index contributed by atoms with van der Waals surface area (Å²) in [7, 11) is 6.96. The highest BCUT2D eigenvalue weighted by atomic mass is 16.5. The number of hydrogen-bond donors (Lipinski definition) is 1. The van der Waals surface area contributed by atoms with Crippen LogP contribution in [0.15, 0.2) is 30.3 Å². The summed E-state index contributed by atoms with van der Waals surface area (Å²) in [5, 5.41) is 10.9. The van der Waals surface area contributed by atoms with Gasteiger partial charge in [-0.05, 0) is 69.9 Å². The van der Waals surface area contributed by atoms with Gasteiger partial charge in [0, 0.05) is 58.0 Å². The molecule has 314 valence electrons. The molecule has 10 nitrogen and oxygen atoms in total. The summed E-state index contributed by atoms with van der Waals surface area (Å²) in [4.78, 5) is 62.0. The molecule has 0 saturated carbocycles. The number of rotatable bonds is 22. The molecule has 10 heteroatoms. The van der Waals surface area contributed by atoms with Crippen molar-refractivity contribution in [3.63, 3.8) is 0 Å². The highest BCUT2D eigenvalue weighted by Gasteiger charge is 2.43. The van der Waals surface area contributed by atoms with Crippen molar-refractivity contribution >= 4 is 23.4 Å². The summed E-state index contributed by atoms with van der Waals surface area (Å²) in [6, 6.07) is 8.35. The van der Waals surface area contributed by atoms with E-state index in [9.17, 15) is 24.3 Å². The monoisotopic (exact) mass is 772 g/mol. The molecule has 1 aliphatic heterocycles. The van der Waals surface area contributed by atoms with Crippen LogP contribution in [0.5, 0.6) is 0 Å². The van der Waals surface area contributed by atoms with Gasteiger partial charge in [0.1, 0.15) is 5.78 Å². The molecule has 1 aromatic rings. The molecule has 0 bridgehead atoms. The van der Waals surface area contributed by atoms with Crippen molar-refractivity contribution in [3.05, 3.63) is 35.9 Å². The normalized spacial score (nSPS) is 20.1. The Kier molecular flexibility index (Phi) is 19.2. The summed E-state index contributed by atoms with van der Waals surface area (Å²) in [6.45, 7) is 22.8. The van der Waals surface area contributed by atoms with Crippen LogP contribution in [-0.4, -0.2) is 114 Å². The summed E-state index contributed by atoms with van der Waals surface area (Å²) in [6.07, 6.45) is 0.804. The number of carbonyl (C=O) groups excluding carboxylic acids is 4. The number of carbonyl (C=O) groups is 4. The molecular formula is C45H77N3O7. The lowest BCUT2D eigenvalue weighted by molar-refractivity contribution is -0.149. The summed E-state index contributed by atoms with van der Waals surface area (Å²) < 4.78 is 12.1. The Morgan fingerprint density at radius 3 is 1.95 bits per heavy atom. The van der Waals surface area contributed by atoms with E-state index in [1.165, 1.54) is 0 Å². The van der Waals surface area contributed by atoms with Gasteiger partial charge in [-0.2, -0.15) is 0 Å². The van der Waals surface area contributed by atoms with E-state index in [1.54, 1.807) is 26.2 Å². The van der Waals surface area contributed by atoms with Gasteiger partial charge in [0.15, 0.2) is 5.78 Å². The van der Waals surface area contributed by atoms with Crippen molar-refractivity contribution in [2.75, 3.05) is 34.9 Å². The fraction of sp³-hybridized carbons (Fsp3) is 0.778. The van der Waals surface area contributed by atoms with Crippen molar-refractivity contribution in [3.8, 4) is 0 Å². The van der Waals surface area contributed by atoms with Crippen molar-refractivity contribution in [2.45, 2.75) is 157 Å². The van der Waals surface area contributed by atoms with Gasteiger partial charge < -0.3 is 24.4 Å². The Bertz CT molecular complexity index is 1360. The first kappa shape index (κ1) is 48.5. The first-order valence-electron chi connectivity index (χ1n) is 20.8. The fourth-order valence-electron chi connectivity index (χ4n) is 8.59. The molecule has 1 saturated heterocycles. The number of aliphatic hydroxyl groups excluding tert-OH is 1. The lowest BCUT2D eigenvalue weighted by Gasteiger charge is -2.42. The SMILES string of the molecule is CCC(C)C(C(CC(=O)N1CCCC1C(OC)C(C)C(=O)CC(C)C(O)c1ccccc1)OC)N(C)C(=O)C(CC(=O)C(C(C)C)N(C)C(C)(C)C)C(C)C. The Balaban J connectivity index is 2.28. The molecule has 0 aliphatic carbocycles. The Hall–Kier alpha value is -2.66. The van der Waals surface area contributed by atoms with Crippen LogP contribution in [0.3, 0.4) is 0 Å². The van der Waals surface area contributed by atoms with Gasteiger partial charge in [-0.25, -0.2) is 0 Å². The first-order chi connectivity index (χ1) is 25.6. The van der Waals surface area contributed by atoms with E-state index in [2.05, 4.69) is 53.4 Å². The summed E-state index contributed by atoms with van der Waals surface area (Å²) in [5.41, 5.74) is 0.563. The number of amides is 2. The molecular weight excluding hydrogens is 695 g/mol. The Labute approximate surface area is 334 Å². The highest BCUT2D eigenvalue weighted by molar-refractivity contribution is 5.90. The number of nitrogens with zero attached hydrogens (tertiary/aromatic N) is 3. The van der Waals surface area contributed by atoms with E-state index in [-0.39, 0.29) is 83.9 Å². The molecule has 1 fully saturated rings. The maximum absolute atomic E-state index is 14.5. The third-order valence-corrected chi connectivity index (χ3v) is 12.5. The van der Waals surface area contributed by atoms with Gasteiger partial charge in [0.2, 0.25) is 11.8 Å². The van der Waals surface area contributed by atoms with Crippen molar-refractivity contribution < 1.29 is 33.8 Å². The van der Waals surface area contributed by atoms with Crippen LogP contribution in [0.4, 0.5) is 0 Å². The molecule has 2 amide bonds. The number of likely N-dealkylation sites (tertiary alicyclic amines) is 1. The zero-order chi connectivity index (χ0) is 41.9. The van der Waals surface area contributed by atoms with Gasteiger partial charge in [-0.3, -0.25) is 24.1 Å². The van der Waals surface area contributed by atoms with Crippen LogP contribution in [-0.2, 0) is 28.7 Å². The van der Waals surface area contributed by atoms with Gasteiger partial charge >= 0.3 is 0 Å². The highest BCUT2D eigenvalue weighted by Crippen LogP contribution is 2.33. The predicted molar refractivity (Wildman–Crippen MR) is 220 cm³/mol. The van der Waals surface area contributed by atoms with Crippen LogP contribution in [0.2, 0.25) is 0 Å². The minimum atomic E-state index is -0.763. The second-order valence-electron chi connectivity index (χ2n) is 18.1. The number of ether oxygens (including phenoxy) is 2. The van der Waals surface area contributed by atoms with Gasteiger partial charge in [-0.15, -0.1) is 0 Å². The van der Waals surface area contributed by atoms with E-state index in [0.717, 1.165) is 18.4 Å².